The Morgan fingerprint density at radius 3 is 2.81 bits per heavy atom. The highest BCUT2D eigenvalue weighted by molar-refractivity contribution is 9.10. The van der Waals surface area contributed by atoms with Crippen molar-refractivity contribution in [1.29, 1.82) is 0 Å². The second-order valence-corrected chi connectivity index (χ2v) is 5.46. The number of nitrogens with zero attached hydrogens (tertiary/aromatic N) is 1. The van der Waals surface area contributed by atoms with E-state index in [-0.39, 0.29) is 5.54 Å². The Bertz CT molecular complexity index is 348. The fraction of sp³-hybridized carbons (Fsp3) is 0.583. The quantitative estimate of drug-likeness (QED) is 0.897. The fourth-order valence-corrected chi connectivity index (χ4v) is 2.60. The summed E-state index contributed by atoms with van der Waals surface area (Å²) in [5, 5.41) is 3.34. The standard InChI is InChI=1S/C12H18BrN3/c13-10-5-4-8-15-11(10)16-9-12(14)6-2-1-3-7-12/h4-5,8H,1-3,6-7,9,14H2,(H,15,16). The molecule has 0 radical (unpaired) electrons. The largest absolute Gasteiger partial charge is 0.367 e. The molecule has 16 heavy (non-hydrogen) atoms. The van der Waals surface area contributed by atoms with E-state index in [4.69, 9.17) is 5.73 Å². The van der Waals surface area contributed by atoms with Crippen molar-refractivity contribution in [2.45, 2.75) is 37.6 Å². The maximum absolute atomic E-state index is 6.35. The molecular weight excluding hydrogens is 266 g/mol. The van der Waals surface area contributed by atoms with Gasteiger partial charge in [0.1, 0.15) is 5.82 Å². The molecule has 3 nitrogen and oxygen atoms in total. The molecule has 3 N–H and O–H groups in total. The summed E-state index contributed by atoms with van der Waals surface area (Å²) in [7, 11) is 0. The van der Waals surface area contributed by atoms with Crippen LogP contribution in [0.5, 0.6) is 0 Å². The lowest BCUT2D eigenvalue weighted by molar-refractivity contribution is 0.311. The number of hydrogen-bond acceptors (Lipinski definition) is 3. The van der Waals surface area contributed by atoms with Crippen molar-refractivity contribution in [3.8, 4) is 0 Å². The van der Waals surface area contributed by atoms with Gasteiger partial charge in [0.25, 0.3) is 0 Å². The van der Waals surface area contributed by atoms with E-state index in [1.807, 2.05) is 12.1 Å². The van der Waals surface area contributed by atoms with Crippen LogP contribution in [0.25, 0.3) is 0 Å². The lowest BCUT2D eigenvalue weighted by Crippen LogP contribution is -2.47. The number of rotatable bonds is 3. The summed E-state index contributed by atoms with van der Waals surface area (Å²) in [5.41, 5.74) is 6.30. The van der Waals surface area contributed by atoms with Gasteiger partial charge in [0.05, 0.1) is 4.47 Å². The minimum atomic E-state index is -0.0464. The summed E-state index contributed by atoms with van der Waals surface area (Å²) < 4.78 is 0.995. The van der Waals surface area contributed by atoms with Crippen LogP contribution >= 0.6 is 15.9 Å². The first-order valence-corrected chi connectivity index (χ1v) is 6.62. The lowest BCUT2D eigenvalue weighted by atomic mass is 9.82. The van der Waals surface area contributed by atoms with Gasteiger partial charge in [-0.2, -0.15) is 0 Å². The Labute approximate surface area is 105 Å². The van der Waals surface area contributed by atoms with Gasteiger partial charge in [0.15, 0.2) is 0 Å². The van der Waals surface area contributed by atoms with Crippen LogP contribution in [0.2, 0.25) is 0 Å². The maximum Gasteiger partial charge on any atom is 0.140 e. The molecule has 0 bridgehead atoms. The summed E-state index contributed by atoms with van der Waals surface area (Å²) in [6.07, 6.45) is 7.85. The zero-order valence-electron chi connectivity index (χ0n) is 9.38. The number of halogens is 1. The highest BCUT2D eigenvalue weighted by Crippen LogP contribution is 2.27. The van der Waals surface area contributed by atoms with Gasteiger partial charge in [0.2, 0.25) is 0 Å². The van der Waals surface area contributed by atoms with Gasteiger partial charge in [-0.1, -0.05) is 19.3 Å². The molecular formula is C12H18BrN3. The van der Waals surface area contributed by atoms with E-state index in [1.54, 1.807) is 6.20 Å². The van der Waals surface area contributed by atoms with Gasteiger partial charge in [-0.05, 0) is 40.9 Å². The smallest absolute Gasteiger partial charge is 0.140 e. The van der Waals surface area contributed by atoms with E-state index in [0.29, 0.717) is 0 Å². The van der Waals surface area contributed by atoms with E-state index in [9.17, 15) is 0 Å². The van der Waals surface area contributed by atoms with E-state index in [2.05, 4.69) is 26.2 Å². The van der Waals surface area contributed by atoms with Crippen LogP contribution in [0.1, 0.15) is 32.1 Å². The molecule has 1 fully saturated rings. The molecule has 0 unspecified atom stereocenters. The van der Waals surface area contributed by atoms with E-state index < -0.39 is 0 Å². The number of nitrogens with two attached hydrogens (primary N) is 1. The number of aromatic nitrogens is 1. The van der Waals surface area contributed by atoms with Crippen molar-refractivity contribution in [2.24, 2.45) is 5.73 Å². The molecule has 1 aliphatic rings. The number of nitrogens with one attached hydrogen (secondary N) is 1. The molecule has 0 aromatic carbocycles. The van der Waals surface area contributed by atoms with Crippen molar-refractivity contribution >= 4 is 21.7 Å². The molecule has 0 saturated heterocycles. The molecule has 0 aliphatic heterocycles. The molecule has 1 aromatic heterocycles. The molecule has 2 rings (SSSR count). The normalized spacial score (nSPS) is 19.4. The van der Waals surface area contributed by atoms with Gasteiger partial charge < -0.3 is 11.1 Å². The predicted molar refractivity (Wildman–Crippen MR) is 70.4 cm³/mol. The molecule has 1 aromatic rings. The van der Waals surface area contributed by atoms with Crippen LogP contribution in [0.3, 0.4) is 0 Å². The van der Waals surface area contributed by atoms with E-state index in [0.717, 1.165) is 29.7 Å². The molecule has 1 heterocycles. The van der Waals surface area contributed by atoms with Gasteiger partial charge in [-0.15, -0.1) is 0 Å². The molecule has 0 spiro atoms. The molecule has 1 aliphatic carbocycles. The first-order valence-electron chi connectivity index (χ1n) is 5.83. The predicted octanol–water partition coefficient (Wildman–Crippen LogP) is 2.92. The Balaban J connectivity index is 1.94. The Kier molecular flexibility index (Phi) is 3.82. The van der Waals surface area contributed by atoms with Gasteiger partial charge >= 0.3 is 0 Å². The Morgan fingerprint density at radius 1 is 1.38 bits per heavy atom. The van der Waals surface area contributed by atoms with Gasteiger partial charge in [-0.3, -0.25) is 0 Å². The van der Waals surface area contributed by atoms with Crippen LogP contribution in [0, 0.1) is 0 Å². The third-order valence-corrected chi connectivity index (χ3v) is 3.86. The van der Waals surface area contributed by atoms with Gasteiger partial charge in [0, 0.05) is 18.3 Å². The SMILES string of the molecule is NC1(CNc2ncccc2Br)CCCCC1. The molecule has 4 heteroatoms. The summed E-state index contributed by atoms with van der Waals surface area (Å²) >= 11 is 3.47. The molecule has 1 saturated carbocycles. The van der Waals surface area contributed by atoms with Crippen LogP contribution in [0.4, 0.5) is 5.82 Å². The highest BCUT2D eigenvalue weighted by Gasteiger charge is 2.27. The molecule has 0 atom stereocenters. The average molecular weight is 284 g/mol. The van der Waals surface area contributed by atoms with Crippen LogP contribution in [-0.4, -0.2) is 17.1 Å². The van der Waals surface area contributed by atoms with Crippen molar-refractivity contribution in [3.05, 3.63) is 22.8 Å². The first-order chi connectivity index (χ1) is 7.70. The van der Waals surface area contributed by atoms with E-state index >= 15 is 0 Å². The van der Waals surface area contributed by atoms with Crippen molar-refractivity contribution in [2.75, 3.05) is 11.9 Å². The topological polar surface area (TPSA) is 50.9 Å². The first kappa shape index (κ1) is 11.9. The van der Waals surface area contributed by atoms with Crippen LogP contribution < -0.4 is 11.1 Å². The fourth-order valence-electron chi connectivity index (χ4n) is 2.21. The van der Waals surface area contributed by atoms with Crippen LogP contribution in [0.15, 0.2) is 22.8 Å². The molecule has 88 valence electrons. The average Bonchev–Trinajstić information content (AvgIpc) is 2.29. The number of hydrogen-bond donors (Lipinski definition) is 2. The Hall–Kier alpha value is -0.610. The maximum atomic E-state index is 6.35. The van der Waals surface area contributed by atoms with Crippen molar-refractivity contribution in [3.63, 3.8) is 0 Å². The Morgan fingerprint density at radius 2 is 2.12 bits per heavy atom. The zero-order chi connectivity index (χ0) is 11.4. The summed E-state index contributed by atoms with van der Waals surface area (Å²) in [5.74, 6) is 0.887. The minimum absolute atomic E-state index is 0.0464. The highest BCUT2D eigenvalue weighted by atomic mass is 79.9. The second kappa shape index (κ2) is 5.15. The summed E-state index contributed by atoms with van der Waals surface area (Å²) in [6.45, 7) is 0.808. The lowest BCUT2D eigenvalue weighted by Gasteiger charge is -2.33. The van der Waals surface area contributed by atoms with Crippen LogP contribution in [-0.2, 0) is 0 Å². The third kappa shape index (κ3) is 2.95. The second-order valence-electron chi connectivity index (χ2n) is 4.61. The summed E-state index contributed by atoms with van der Waals surface area (Å²) in [4.78, 5) is 4.28. The van der Waals surface area contributed by atoms with Gasteiger partial charge in [-0.25, -0.2) is 4.98 Å². The van der Waals surface area contributed by atoms with Crippen molar-refractivity contribution in [1.82, 2.24) is 4.98 Å². The minimum Gasteiger partial charge on any atom is -0.367 e. The number of anilines is 1. The number of pyridine rings is 1. The summed E-state index contributed by atoms with van der Waals surface area (Å²) in [6, 6.07) is 3.90. The monoisotopic (exact) mass is 283 g/mol. The van der Waals surface area contributed by atoms with E-state index in [1.165, 1.54) is 19.3 Å². The third-order valence-electron chi connectivity index (χ3n) is 3.22. The van der Waals surface area contributed by atoms with Crippen molar-refractivity contribution < 1.29 is 0 Å². The zero-order valence-corrected chi connectivity index (χ0v) is 11.0. The molecule has 0 amide bonds.